The lowest BCUT2D eigenvalue weighted by atomic mass is 10.1. The Morgan fingerprint density at radius 2 is 2.40 bits per heavy atom. The largest absolute Gasteiger partial charge is 0.396 e. The summed E-state index contributed by atoms with van der Waals surface area (Å²) < 4.78 is 0. The van der Waals surface area contributed by atoms with Crippen molar-refractivity contribution < 1.29 is 9.90 Å². The highest BCUT2D eigenvalue weighted by atomic mass is 16.3. The Morgan fingerprint density at radius 1 is 1.67 bits per heavy atom. The van der Waals surface area contributed by atoms with E-state index in [0.29, 0.717) is 17.7 Å². The van der Waals surface area contributed by atoms with Crippen LogP contribution in [0.1, 0.15) is 29.4 Å². The lowest BCUT2D eigenvalue weighted by Gasteiger charge is -2.12. The van der Waals surface area contributed by atoms with Gasteiger partial charge in [0.05, 0.1) is 5.56 Å². The zero-order valence-electron chi connectivity index (χ0n) is 9.03. The van der Waals surface area contributed by atoms with Gasteiger partial charge in [0, 0.05) is 24.5 Å². The molecule has 0 aliphatic carbocycles. The number of hydrogen-bond acceptors (Lipinski definition) is 3. The van der Waals surface area contributed by atoms with Crippen LogP contribution >= 0.6 is 0 Å². The van der Waals surface area contributed by atoms with E-state index in [1.165, 1.54) is 0 Å². The van der Waals surface area contributed by atoms with Crippen molar-refractivity contribution in [2.24, 2.45) is 0 Å². The van der Waals surface area contributed by atoms with Gasteiger partial charge in [-0.1, -0.05) is 0 Å². The quantitative estimate of drug-likeness (QED) is 0.772. The van der Waals surface area contributed by atoms with Gasteiger partial charge in [-0.2, -0.15) is 0 Å². The Bertz CT molecular complexity index is 339. The SMILES string of the molecule is Cc1ncccc1C(=O)NC(C)CCO. The van der Waals surface area contributed by atoms with Crippen molar-refractivity contribution in [2.75, 3.05) is 6.61 Å². The molecule has 0 saturated carbocycles. The average molecular weight is 208 g/mol. The summed E-state index contributed by atoms with van der Waals surface area (Å²) >= 11 is 0. The normalized spacial score (nSPS) is 12.2. The highest BCUT2D eigenvalue weighted by Gasteiger charge is 2.11. The van der Waals surface area contributed by atoms with Gasteiger partial charge < -0.3 is 10.4 Å². The predicted molar refractivity (Wildman–Crippen MR) is 57.6 cm³/mol. The third kappa shape index (κ3) is 3.32. The van der Waals surface area contributed by atoms with Gasteiger partial charge in [0.15, 0.2) is 0 Å². The molecule has 82 valence electrons. The fourth-order valence-corrected chi connectivity index (χ4v) is 1.29. The summed E-state index contributed by atoms with van der Waals surface area (Å²) in [5, 5.41) is 11.5. The first-order valence-electron chi connectivity index (χ1n) is 4.98. The van der Waals surface area contributed by atoms with Crippen LogP contribution in [-0.4, -0.2) is 28.6 Å². The predicted octanol–water partition coefficient (Wildman–Crippen LogP) is 0.891. The van der Waals surface area contributed by atoms with E-state index in [0.717, 1.165) is 0 Å². The molecule has 1 amide bonds. The van der Waals surface area contributed by atoms with Gasteiger partial charge in [0.1, 0.15) is 0 Å². The van der Waals surface area contributed by atoms with Crippen LogP contribution in [-0.2, 0) is 0 Å². The van der Waals surface area contributed by atoms with Crippen molar-refractivity contribution in [3.8, 4) is 0 Å². The molecule has 15 heavy (non-hydrogen) atoms. The number of pyridine rings is 1. The molecule has 1 aromatic rings. The molecular weight excluding hydrogens is 192 g/mol. The van der Waals surface area contributed by atoms with Crippen LogP contribution in [0.15, 0.2) is 18.3 Å². The number of aromatic nitrogens is 1. The van der Waals surface area contributed by atoms with E-state index in [-0.39, 0.29) is 18.6 Å². The first kappa shape index (κ1) is 11.7. The zero-order chi connectivity index (χ0) is 11.3. The molecule has 1 atom stereocenters. The molecule has 1 aromatic heterocycles. The van der Waals surface area contributed by atoms with Crippen LogP contribution in [0.5, 0.6) is 0 Å². The second-order valence-corrected chi connectivity index (χ2v) is 3.52. The van der Waals surface area contributed by atoms with Crippen molar-refractivity contribution in [2.45, 2.75) is 26.3 Å². The first-order valence-corrected chi connectivity index (χ1v) is 4.98. The van der Waals surface area contributed by atoms with E-state index >= 15 is 0 Å². The van der Waals surface area contributed by atoms with E-state index in [9.17, 15) is 4.79 Å². The van der Waals surface area contributed by atoms with Gasteiger partial charge >= 0.3 is 0 Å². The number of hydrogen-bond donors (Lipinski definition) is 2. The van der Waals surface area contributed by atoms with Crippen molar-refractivity contribution in [1.82, 2.24) is 10.3 Å². The molecule has 1 unspecified atom stereocenters. The number of aliphatic hydroxyl groups is 1. The molecule has 0 bridgehead atoms. The maximum Gasteiger partial charge on any atom is 0.253 e. The number of nitrogens with zero attached hydrogens (tertiary/aromatic N) is 1. The Labute approximate surface area is 89.3 Å². The number of nitrogens with one attached hydrogen (secondary N) is 1. The topological polar surface area (TPSA) is 62.2 Å². The Morgan fingerprint density at radius 3 is 3.00 bits per heavy atom. The summed E-state index contributed by atoms with van der Waals surface area (Å²) in [6.07, 6.45) is 2.22. The fourth-order valence-electron chi connectivity index (χ4n) is 1.29. The minimum atomic E-state index is -0.137. The van der Waals surface area contributed by atoms with E-state index in [1.807, 2.05) is 6.92 Å². The molecule has 4 heteroatoms. The summed E-state index contributed by atoms with van der Waals surface area (Å²) in [6.45, 7) is 3.74. The molecule has 4 nitrogen and oxygen atoms in total. The Hall–Kier alpha value is -1.42. The molecule has 0 spiro atoms. The number of aryl methyl sites for hydroxylation is 1. The molecule has 1 rings (SSSR count). The minimum absolute atomic E-state index is 0.0258. The van der Waals surface area contributed by atoms with Crippen molar-refractivity contribution in [3.05, 3.63) is 29.6 Å². The van der Waals surface area contributed by atoms with Crippen molar-refractivity contribution >= 4 is 5.91 Å². The minimum Gasteiger partial charge on any atom is -0.396 e. The molecule has 0 fully saturated rings. The molecular formula is C11H16N2O2. The third-order valence-electron chi connectivity index (χ3n) is 2.19. The van der Waals surface area contributed by atoms with Gasteiger partial charge in [0.2, 0.25) is 0 Å². The van der Waals surface area contributed by atoms with Gasteiger partial charge in [0.25, 0.3) is 5.91 Å². The summed E-state index contributed by atoms with van der Waals surface area (Å²) in [5.41, 5.74) is 1.30. The Kier molecular flexibility index (Phi) is 4.24. The van der Waals surface area contributed by atoms with Crippen LogP contribution in [0.3, 0.4) is 0 Å². The van der Waals surface area contributed by atoms with Gasteiger partial charge in [-0.15, -0.1) is 0 Å². The van der Waals surface area contributed by atoms with E-state index in [2.05, 4.69) is 10.3 Å². The van der Waals surface area contributed by atoms with Crippen LogP contribution < -0.4 is 5.32 Å². The van der Waals surface area contributed by atoms with Crippen LogP contribution in [0.25, 0.3) is 0 Å². The number of aliphatic hydroxyl groups excluding tert-OH is 1. The highest BCUT2D eigenvalue weighted by molar-refractivity contribution is 5.95. The Balaban J connectivity index is 2.65. The van der Waals surface area contributed by atoms with Crippen molar-refractivity contribution in [3.63, 3.8) is 0 Å². The summed E-state index contributed by atoms with van der Waals surface area (Å²) in [6, 6.07) is 3.45. The highest BCUT2D eigenvalue weighted by Crippen LogP contribution is 2.04. The summed E-state index contributed by atoms with van der Waals surface area (Å²) in [7, 11) is 0. The molecule has 0 aliphatic heterocycles. The molecule has 1 heterocycles. The average Bonchev–Trinajstić information content (AvgIpc) is 2.18. The number of carbonyl (C=O) groups is 1. The van der Waals surface area contributed by atoms with Crippen LogP contribution in [0.4, 0.5) is 0 Å². The molecule has 0 radical (unpaired) electrons. The first-order chi connectivity index (χ1) is 7.15. The van der Waals surface area contributed by atoms with Crippen molar-refractivity contribution in [1.29, 1.82) is 0 Å². The zero-order valence-corrected chi connectivity index (χ0v) is 9.03. The second kappa shape index (κ2) is 5.46. The third-order valence-corrected chi connectivity index (χ3v) is 2.19. The van der Waals surface area contributed by atoms with Crippen LogP contribution in [0, 0.1) is 6.92 Å². The number of amides is 1. The maximum atomic E-state index is 11.7. The molecule has 0 aliphatic rings. The summed E-state index contributed by atoms with van der Waals surface area (Å²) in [5.74, 6) is -0.137. The lowest BCUT2D eigenvalue weighted by molar-refractivity contribution is 0.0933. The van der Waals surface area contributed by atoms with Gasteiger partial charge in [-0.25, -0.2) is 0 Å². The number of rotatable bonds is 4. The number of carbonyl (C=O) groups excluding carboxylic acids is 1. The second-order valence-electron chi connectivity index (χ2n) is 3.52. The fraction of sp³-hybridized carbons (Fsp3) is 0.455. The van der Waals surface area contributed by atoms with E-state index in [4.69, 9.17) is 5.11 Å². The smallest absolute Gasteiger partial charge is 0.253 e. The lowest BCUT2D eigenvalue weighted by Crippen LogP contribution is -2.33. The maximum absolute atomic E-state index is 11.7. The van der Waals surface area contributed by atoms with Gasteiger partial charge in [-0.05, 0) is 32.4 Å². The van der Waals surface area contributed by atoms with Gasteiger partial charge in [-0.3, -0.25) is 9.78 Å². The standard InChI is InChI=1S/C11H16N2O2/c1-8(5-7-14)13-11(15)10-4-3-6-12-9(10)2/h3-4,6,8,14H,5,7H2,1-2H3,(H,13,15). The van der Waals surface area contributed by atoms with E-state index in [1.54, 1.807) is 25.3 Å². The summed E-state index contributed by atoms with van der Waals surface area (Å²) in [4.78, 5) is 15.8. The molecule has 0 saturated heterocycles. The van der Waals surface area contributed by atoms with E-state index < -0.39 is 0 Å². The molecule has 0 aromatic carbocycles. The monoisotopic (exact) mass is 208 g/mol. The van der Waals surface area contributed by atoms with Crippen LogP contribution in [0.2, 0.25) is 0 Å². The molecule has 2 N–H and O–H groups in total.